The van der Waals surface area contributed by atoms with Gasteiger partial charge in [-0.15, -0.1) is 10.2 Å². The molecular formula is C20H17N7. The molecule has 5 aromatic rings. The topological polar surface area (TPSA) is 72.9 Å². The number of hydrogen-bond acceptors (Lipinski definition) is 5. The fourth-order valence-corrected chi connectivity index (χ4v) is 3.38. The van der Waals surface area contributed by atoms with E-state index < -0.39 is 0 Å². The SMILES string of the molecule is Cc1nnc2nc(Nc3cccc(-c4ccnn4C)c3)c3ccccc3n12. The maximum Gasteiger partial charge on any atom is 0.257 e. The first kappa shape index (κ1) is 15.5. The van der Waals surface area contributed by atoms with Crippen LogP contribution in [-0.2, 0) is 7.05 Å². The van der Waals surface area contributed by atoms with Crippen molar-refractivity contribution in [1.82, 2.24) is 29.4 Å². The Labute approximate surface area is 155 Å². The van der Waals surface area contributed by atoms with Crippen molar-refractivity contribution in [2.75, 3.05) is 5.32 Å². The highest BCUT2D eigenvalue weighted by atomic mass is 15.3. The van der Waals surface area contributed by atoms with Crippen LogP contribution >= 0.6 is 0 Å². The Morgan fingerprint density at radius 2 is 1.85 bits per heavy atom. The van der Waals surface area contributed by atoms with Gasteiger partial charge in [0.1, 0.15) is 11.6 Å². The lowest BCUT2D eigenvalue weighted by Gasteiger charge is -2.12. The number of aromatic nitrogens is 6. The Balaban J connectivity index is 1.64. The monoisotopic (exact) mass is 355 g/mol. The summed E-state index contributed by atoms with van der Waals surface area (Å²) < 4.78 is 3.82. The zero-order chi connectivity index (χ0) is 18.4. The van der Waals surface area contributed by atoms with Crippen molar-refractivity contribution in [3.05, 3.63) is 66.6 Å². The van der Waals surface area contributed by atoms with Crippen LogP contribution in [-0.4, -0.2) is 29.4 Å². The first-order chi connectivity index (χ1) is 13.2. The maximum atomic E-state index is 4.69. The van der Waals surface area contributed by atoms with Gasteiger partial charge in [0.05, 0.1) is 11.2 Å². The van der Waals surface area contributed by atoms with Crippen molar-refractivity contribution < 1.29 is 0 Å². The molecule has 7 nitrogen and oxygen atoms in total. The van der Waals surface area contributed by atoms with Crippen LogP contribution in [0.4, 0.5) is 11.5 Å². The summed E-state index contributed by atoms with van der Waals surface area (Å²) >= 11 is 0. The number of anilines is 2. The quantitative estimate of drug-likeness (QED) is 0.534. The molecular weight excluding hydrogens is 338 g/mol. The predicted octanol–water partition coefficient (Wildman–Crippen LogP) is 3.73. The first-order valence-electron chi connectivity index (χ1n) is 8.66. The van der Waals surface area contributed by atoms with Crippen molar-refractivity contribution in [1.29, 1.82) is 0 Å². The lowest BCUT2D eigenvalue weighted by molar-refractivity contribution is 0.776. The Kier molecular flexibility index (Phi) is 3.39. The number of nitrogens with one attached hydrogen (secondary N) is 1. The molecule has 132 valence electrons. The summed E-state index contributed by atoms with van der Waals surface area (Å²) in [6.45, 7) is 1.93. The second-order valence-corrected chi connectivity index (χ2v) is 6.41. The van der Waals surface area contributed by atoms with Gasteiger partial charge in [-0.2, -0.15) is 10.1 Å². The van der Waals surface area contributed by atoms with E-state index in [-0.39, 0.29) is 0 Å². The van der Waals surface area contributed by atoms with Crippen LogP contribution in [0.5, 0.6) is 0 Å². The van der Waals surface area contributed by atoms with E-state index in [0.717, 1.165) is 39.5 Å². The van der Waals surface area contributed by atoms with Crippen LogP contribution in [0.3, 0.4) is 0 Å². The molecule has 0 atom stereocenters. The van der Waals surface area contributed by atoms with E-state index in [4.69, 9.17) is 4.98 Å². The molecule has 0 saturated carbocycles. The molecule has 0 aliphatic rings. The van der Waals surface area contributed by atoms with Crippen LogP contribution < -0.4 is 5.32 Å². The van der Waals surface area contributed by atoms with Gasteiger partial charge in [0, 0.05) is 29.9 Å². The number of para-hydroxylation sites is 1. The molecule has 0 radical (unpaired) electrons. The summed E-state index contributed by atoms with van der Waals surface area (Å²) in [7, 11) is 1.94. The van der Waals surface area contributed by atoms with E-state index in [0.29, 0.717) is 5.78 Å². The summed E-state index contributed by atoms with van der Waals surface area (Å²) in [4.78, 5) is 4.69. The van der Waals surface area contributed by atoms with E-state index in [1.54, 1.807) is 6.20 Å². The van der Waals surface area contributed by atoms with Gasteiger partial charge in [-0.05, 0) is 37.3 Å². The molecule has 0 amide bonds. The summed E-state index contributed by atoms with van der Waals surface area (Å²) in [5, 5.41) is 17.1. The molecule has 3 heterocycles. The lowest BCUT2D eigenvalue weighted by Crippen LogP contribution is -2.01. The van der Waals surface area contributed by atoms with Crippen molar-refractivity contribution in [3.63, 3.8) is 0 Å². The average Bonchev–Trinajstić information content (AvgIpc) is 3.28. The zero-order valence-electron chi connectivity index (χ0n) is 15.0. The van der Waals surface area contributed by atoms with E-state index in [2.05, 4.69) is 44.9 Å². The molecule has 5 rings (SSSR count). The summed E-state index contributed by atoms with van der Waals surface area (Å²) in [6.07, 6.45) is 1.80. The number of aryl methyl sites for hydroxylation is 2. The van der Waals surface area contributed by atoms with Crippen LogP contribution in [0.25, 0.3) is 27.9 Å². The molecule has 0 aliphatic heterocycles. The van der Waals surface area contributed by atoms with Crippen molar-refractivity contribution in [2.45, 2.75) is 6.92 Å². The normalized spacial score (nSPS) is 11.3. The number of fused-ring (bicyclic) bond motifs is 3. The minimum atomic E-state index is 0.580. The van der Waals surface area contributed by atoms with Gasteiger partial charge in [-0.25, -0.2) is 0 Å². The van der Waals surface area contributed by atoms with Crippen LogP contribution in [0.15, 0.2) is 60.8 Å². The lowest BCUT2D eigenvalue weighted by atomic mass is 10.1. The largest absolute Gasteiger partial charge is 0.340 e. The number of hydrogen-bond donors (Lipinski definition) is 1. The van der Waals surface area contributed by atoms with E-state index >= 15 is 0 Å². The standard InChI is InChI=1S/C20H17N7/c1-13-24-25-20-23-19(16-8-3-4-9-18(16)27(13)20)22-15-7-5-6-14(12-15)17-10-11-21-26(17)2/h3-12H,1-2H3,(H,22,23,25). The number of nitrogens with zero attached hydrogens (tertiary/aromatic N) is 6. The van der Waals surface area contributed by atoms with Gasteiger partial charge < -0.3 is 5.32 Å². The molecule has 2 aromatic carbocycles. The van der Waals surface area contributed by atoms with Crippen molar-refractivity contribution in [2.24, 2.45) is 7.05 Å². The molecule has 3 aromatic heterocycles. The van der Waals surface area contributed by atoms with Gasteiger partial charge in [-0.1, -0.05) is 24.3 Å². The molecule has 1 N–H and O–H groups in total. The molecule has 7 heteroatoms. The third kappa shape index (κ3) is 2.52. The van der Waals surface area contributed by atoms with Crippen LogP contribution in [0.1, 0.15) is 5.82 Å². The van der Waals surface area contributed by atoms with E-state index in [1.165, 1.54) is 0 Å². The van der Waals surface area contributed by atoms with Crippen molar-refractivity contribution >= 4 is 28.2 Å². The minimum Gasteiger partial charge on any atom is -0.340 e. The fraction of sp³-hybridized carbons (Fsp3) is 0.100. The molecule has 0 bridgehead atoms. The average molecular weight is 355 g/mol. The molecule has 0 unspecified atom stereocenters. The van der Waals surface area contributed by atoms with Crippen LogP contribution in [0, 0.1) is 6.92 Å². The van der Waals surface area contributed by atoms with Gasteiger partial charge >= 0.3 is 0 Å². The highest BCUT2D eigenvalue weighted by Crippen LogP contribution is 2.28. The third-order valence-electron chi connectivity index (χ3n) is 4.66. The molecule has 0 spiro atoms. The van der Waals surface area contributed by atoms with Gasteiger partial charge in [0.25, 0.3) is 5.78 Å². The molecule has 0 fully saturated rings. The second-order valence-electron chi connectivity index (χ2n) is 6.41. The molecule has 27 heavy (non-hydrogen) atoms. The zero-order valence-corrected chi connectivity index (χ0v) is 15.0. The van der Waals surface area contributed by atoms with E-state index in [9.17, 15) is 0 Å². The first-order valence-corrected chi connectivity index (χ1v) is 8.66. The Bertz CT molecular complexity index is 1280. The Morgan fingerprint density at radius 1 is 0.963 bits per heavy atom. The predicted molar refractivity (Wildman–Crippen MR) is 105 cm³/mol. The Morgan fingerprint density at radius 3 is 2.70 bits per heavy atom. The summed E-state index contributed by atoms with van der Waals surface area (Å²) in [6, 6.07) is 18.3. The summed E-state index contributed by atoms with van der Waals surface area (Å²) in [5.74, 6) is 2.16. The number of rotatable bonds is 3. The second kappa shape index (κ2) is 5.91. The van der Waals surface area contributed by atoms with E-state index in [1.807, 2.05) is 53.4 Å². The highest BCUT2D eigenvalue weighted by Gasteiger charge is 2.12. The third-order valence-corrected chi connectivity index (χ3v) is 4.66. The van der Waals surface area contributed by atoms with Crippen molar-refractivity contribution in [3.8, 4) is 11.3 Å². The smallest absolute Gasteiger partial charge is 0.257 e. The number of benzene rings is 2. The molecule has 0 aliphatic carbocycles. The highest BCUT2D eigenvalue weighted by molar-refractivity contribution is 5.93. The van der Waals surface area contributed by atoms with Gasteiger partial charge in [0.15, 0.2) is 0 Å². The maximum absolute atomic E-state index is 4.69. The fourth-order valence-electron chi connectivity index (χ4n) is 3.38. The Hall–Kier alpha value is -3.74. The molecule has 0 saturated heterocycles. The van der Waals surface area contributed by atoms with Gasteiger partial charge in [0.2, 0.25) is 0 Å². The minimum absolute atomic E-state index is 0.580. The van der Waals surface area contributed by atoms with Crippen LogP contribution in [0.2, 0.25) is 0 Å². The summed E-state index contributed by atoms with van der Waals surface area (Å²) in [5.41, 5.74) is 4.12. The van der Waals surface area contributed by atoms with Gasteiger partial charge in [-0.3, -0.25) is 9.08 Å².